The van der Waals surface area contributed by atoms with Crippen LogP contribution in [0, 0.1) is 11.8 Å². The van der Waals surface area contributed by atoms with Gasteiger partial charge in [-0.25, -0.2) is 0 Å². The van der Waals surface area contributed by atoms with Crippen LogP contribution in [0.3, 0.4) is 0 Å². The molecule has 240 valence electrons. The van der Waals surface area contributed by atoms with Gasteiger partial charge in [0.05, 0.1) is 30.6 Å². The van der Waals surface area contributed by atoms with Gasteiger partial charge in [-0.2, -0.15) is 0 Å². The van der Waals surface area contributed by atoms with E-state index in [1.807, 2.05) is 30.3 Å². The molecule has 3 aliphatic rings. The Kier molecular flexibility index (Phi) is 11.4. The maximum atomic E-state index is 14.2. The highest BCUT2D eigenvalue weighted by molar-refractivity contribution is 5.98. The number of aliphatic hydroxyl groups is 1. The third-order valence-electron chi connectivity index (χ3n) is 9.13. The van der Waals surface area contributed by atoms with E-state index in [9.17, 15) is 24.3 Å². The molecule has 3 heterocycles. The minimum Gasteiger partial charge on any atom is -0.455 e. The predicted octanol–water partition coefficient (Wildman–Crippen LogP) is 3.31. The highest BCUT2D eigenvalue weighted by Gasteiger charge is 2.75. The Hall–Kier alpha value is -3.50. The van der Waals surface area contributed by atoms with Gasteiger partial charge >= 0.3 is 5.97 Å². The van der Waals surface area contributed by atoms with E-state index in [1.165, 1.54) is 4.90 Å². The molecule has 10 nitrogen and oxygen atoms in total. The van der Waals surface area contributed by atoms with Crippen LogP contribution in [0.4, 0.5) is 0 Å². The van der Waals surface area contributed by atoms with Crippen LogP contribution >= 0.6 is 0 Å². The Morgan fingerprint density at radius 1 is 1.23 bits per heavy atom. The molecule has 10 heteroatoms. The number of β-amino-alcohol motifs (C(OH)–C–C–N with tert-alkyl or cyclic N) is 1. The van der Waals surface area contributed by atoms with Crippen molar-refractivity contribution in [1.29, 1.82) is 0 Å². The number of allylic oxidation sites excluding steroid dienone is 1. The Morgan fingerprint density at radius 3 is 2.64 bits per heavy atom. The minimum absolute atomic E-state index is 0.0411. The zero-order valence-corrected chi connectivity index (χ0v) is 26.0. The summed E-state index contributed by atoms with van der Waals surface area (Å²) in [4.78, 5) is 57.9. The third-order valence-corrected chi connectivity index (χ3v) is 9.13. The molecule has 44 heavy (non-hydrogen) atoms. The molecule has 3 aliphatic heterocycles. The lowest BCUT2D eigenvalue weighted by Gasteiger charge is -2.36. The molecule has 2 N–H and O–H groups in total. The monoisotopic (exact) mass is 609 g/mol. The largest absolute Gasteiger partial charge is 0.455 e. The summed E-state index contributed by atoms with van der Waals surface area (Å²) in [6.07, 6.45) is 6.45. The lowest BCUT2D eigenvalue weighted by molar-refractivity contribution is -0.162. The summed E-state index contributed by atoms with van der Waals surface area (Å²) < 4.78 is 12.7. The highest BCUT2D eigenvalue weighted by Crippen LogP contribution is 2.59. The molecule has 4 rings (SSSR count). The molecule has 1 aromatic rings. The van der Waals surface area contributed by atoms with Crippen molar-refractivity contribution in [1.82, 2.24) is 15.1 Å². The molecule has 1 spiro atoms. The zero-order valence-electron chi connectivity index (χ0n) is 26.0. The van der Waals surface area contributed by atoms with Gasteiger partial charge in [0.2, 0.25) is 17.7 Å². The van der Waals surface area contributed by atoms with Crippen molar-refractivity contribution in [3.63, 3.8) is 0 Å². The van der Waals surface area contributed by atoms with Gasteiger partial charge in [0.15, 0.2) is 0 Å². The van der Waals surface area contributed by atoms with Crippen molar-refractivity contribution in [3.05, 3.63) is 61.2 Å². The van der Waals surface area contributed by atoms with E-state index >= 15 is 0 Å². The number of benzene rings is 1. The number of amides is 3. The summed E-state index contributed by atoms with van der Waals surface area (Å²) in [5, 5.41) is 12.8. The first-order valence-electron chi connectivity index (χ1n) is 15.9. The van der Waals surface area contributed by atoms with Crippen molar-refractivity contribution in [2.45, 2.75) is 88.7 Å². The average Bonchev–Trinajstić information content (AvgIpc) is 3.66. The number of ether oxygens (including phenoxy) is 2. The average molecular weight is 610 g/mol. The molecule has 3 fully saturated rings. The summed E-state index contributed by atoms with van der Waals surface area (Å²) >= 11 is 0. The number of hydrogen-bond acceptors (Lipinski definition) is 7. The van der Waals surface area contributed by atoms with E-state index < -0.39 is 47.7 Å². The van der Waals surface area contributed by atoms with Gasteiger partial charge in [0, 0.05) is 26.1 Å². The molecule has 0 aromatic heterocycles. The Labute approximate surface area is 260 Å². The molecule has 3 amide bonds. The number of esters is 1. The van der Waals surface area contributed by atoms with E-state index in [1.54, 1.807) is 24.0 Å². The zero-order chi connectivity index (χ0) is 31.9. The van der Waals surface area contributed by atoms with E-state index in [4.69, 9.17) is 9.47 Å². The second-order valence-electron chi connectivity index (χ2n) is 12.0. The molecule has 1 aromatic carbocycles. The van der Waals surface area contributed by atoms with Gasteiger partial charge in [-0.05, 0) is 38.2 Å². The first kappa shape index (κ1) is 33.4. The van der Waals surface area contributed by atoms with Gasteiger partial charge in [0.1, 0.15) is 17.7 Å². The number of likely N-dealkylation sites (tertiary alicyclic amines) is 1. The normalized spacial score (nSPS) is 26.5. The maximum Gasteiger partial charge on any atom is 0.313 e. The van der Waals surface area contributed by atoms with Crippen LogP contribution in [0.15, 0.2) is 55.6 Å². The second kappa shape index (κ2) is 15.0. The van der Waals surface area contributed by atoms with Gasteiger partial charge in [-0.1, -0.05) is 62.2 Å². The molecule has 3 saturated heterocycles. The molecule has 0 aliphatic carbocycles. The minimum atomic E-state index is -1.19. The van der Waals surface area contributed by atoms with E-state index in [0.717, 1.165) is 19.3 Å². The van der Waals surface area contributed by atoms with Crippen molar-refractivity contribution in [3.8, 4) is 0 Å². The summed E-state index contributed by atoms with van der Waals surface area (Å²) in [6.45, 7) is 11.8. The topological polar surface area (TPSA) is 125 Å². The number of nitrogens with zero attached hydrogens (tertiary/aromatic N) is 2. The predicted molar refractivity (Wildman–Crippen MR) is 165 cm³/mol. The number of hydrogen-bond donors (Lipinski definition) is 2. The number of carbonyl (C=O) groups excluding carboxylic acids is 4. The van der Waals surface area contributed by atoms with E-state index in [2.05, 4.69) is 25.4 Å². The number of rotatable bonds is 17. The molecule has 0 radical (unpaired) electrons. The van der Waals surface area contributed by atoms with E-state index in [-0.39, 0.29) is 37.3 Å². The van der Waals surface area contributed by atoms with Crippen molar-refractivity contribution in [2.75, 3.05) is 26.2 Å². The molecule has 0 saturated carbocycles. The fraction of sp³-hybridized carbons (Fsp3) is 0.588. The van der Waals surface area contributed by atoms with Gasteiger partial charge in [-0.15, -0.1) is 13.2 Å². The number of nitrogens with one attached hydrogen (secondary N) is 1. The molecular weight excluding hydrogens is 562 g/mol. The lowest BCUT2D eigenvalue weighted by atomic mass is 9.70. The maximum absolute atomic E-state index is 14.2. The number of aliphatic hydroxyl groups excluding tert-OH is 1. The Balaban J connectivity index is 1.62. The molecule has 7 atom stereocenters. The Bertz CT molecular complexity index is 1210. The van der Waals surface area contributed by atoms with Crippen LogP contribution in [0.5, 0.6) is 0 Å². The van der Waals surface area contributed by atoms with Crippen molar-refractivity contribution < 1.29 is 33.8 Å². The third kappa shape index (κ3) is 6.61. The number of fused-ring (bicyclic) bond motifs is 1. The lowest BCUT2D eigenvalue weighted by Crippen LogP contribution is -2.56. The van der Waals surface area contributed by atoms with Gasteiger partial charge in [0.25, 0.3) is 0 Å². The fourth-order valence-corrected chi connectivity index (χ4v) is 7.16. The molecule has 2 bridgehead atoms. The quantitative estimate of drug-likeness (QED) is 0.158. The second-order valence-corrected chi connectivity index (χ2v) is 12.0. The van der Waals surface area contributed by atoms with Crippen molar-refractivity contribution in [2.24, 2.45) is 11.8 Å². The summed E-state index contributed by atoms with van der Waals surface area (Å²) in [6, 6.07) is 7.66. The Morgan fingerprint density at radius 2 is 1.98 bits per heavy atom. The molecule has 0 unspecified atom stereocenters. The van der Waals surface area contributed by atoms with Crippen LogP contribution < -0.4 is 5.32 Å². The SMILES string of the molecule is C=CCCC(=O)N[C@H](C)[C@@H](OC(=O)[C@@H]1[C@H]2C(=O)N(CCO)[C@H](C(=O)N(CC=C)CCCCC)[C@]23CC[C@H]1O3)c1ccccc1. The summed E-state index contributed by atoms with van der Waals surface area (Å²) in [5.41, 5.74) is -0.481. The van der Waals surface area contributed by atoms with Crippen LogP contribution in [0.25, 0.3) is 0 Å². The van der Waals surface area contributed by atoms with Crippen LogP contribution in [-0.4, -0.2) is 88.6 Å². The number of unbranched alkanes of at least 4 members (excludes halogenated alkanes) is 2. The standard InChI is InChI=1S/C34H47N3O7/c1-5-8-13-20-36(19-7-3)32(41)30-34-18-17-25(44-34)27(28(34)31(40)37(30)21-22-38)33(42)43-29(24-14-11-10-12-15-24)23(4)35-26(39)16-9-6-2/h6-7,10-12,14-15,23,25,27-30,38H,2-3,5,8-9,13,16-22H2,1,4H3,(H,35,39)/t23-,25-,27+,28+,29-,30-,34+/m1/s1. The molecular formula is C34H47N3O7. The van der Waals surface area contributed by atoms with Crippen LogP contribution in [0.1, 0.15) is 70.5 Å². The van der Waals surface area contributed by atoms with Gasteiger partial charge in [-0.3, -0.25) is 19.2 Å². The first-order valence-corrected chi connectivity index (χ1v) is 15.9. The van der Waals surface area contributed by atoms with Crippen LogP contribution in [-0.2, 0) is 28.7 Å². The fourth-order valence-electron chi connectivity index (χ4n) is 7.16. The van der Waals surface area contributed by atoms with Gasteiger partial charge < -0.3 is 29.7 Å². The van der Waals surface area contributed by atoms with Crippen molar-refractivity contribution >= 4 is 23.7 Å². The number of carbonyl (C=O) groups is 4. The highest BCUT2D eigenvalue weighted by atomic mass is 16.6. The summed E-state index contributed by atoms with van der Waals surface area (Å²) in [5.74, 6) is -3.25. The first-order chi connectivity index (χ1) is 21.2. The van der Waals surface area contributed by atoms with Crippen LogP contribution in [0.2, 0.25) is 0 Å². The smallest absolute Gasteiger partial charge is 0.313 e. The van der Waals surface area contributed by atoms with E-state index in [0.29, 0.717) is 37.9 Å². The summed E-state index contributed by atoms with van der Waals surface area (Å²) in [7, 11) is 0.